The molecule has 0 fully saturated rings. The molecule has 1 rings (SSSR count). The highest BCUT2D eigenvalue weighted by Crippen LogP contribution is 2.16. The van der Waals surface area contributed by atoms with Crippen molar-refractivity contribution < 1.29 is 10.2 Å². The molecule has 2 N–H and O–H groups in total. The third-order valence-corrected chi connectivity index (χ3v) is 1.51. The Hall–Kier alpha value is -1.02. The SMILES string of the molecule is CCCc1ccccc1O.CCO. The highest BCUT2D eigenvalue weighted by molar-refractivity contribution is 5.31. The van der Waals surface area contributed by atoms with Gasteiger partial charge in [-0.1, -0.05) is 31.5 Å². The first-order valence-electron chi connectivity index (χ1n) is 4.63. The molecule has 2 heteroatoms. The van der Waals surface area contributed by atoms with Crippen LogP contribution in [0.1, 0.15) is 25.8 Å². The Bertz CT molecular complexity index is 221. The summed E-state index contributed by atoms with van der Waals surface area (Å²) in [5.41, 5.74) is 1.05. The van der Waals surface area contributed by atoms with Crippen LogP contribution in [0.4, 0.5) is 0 Å². The van der Waals surface area contributed by atoms with Gasteiger partial charge in [-0.15, -0.1) is 0 Å². The van der Waals surface area contributed by atoms with E-state index in [0.29, 0.717) is 5.75 Å². The van der Waals surface area contributed by atoms with Crippen LogP contribution in [0.2, 0.25) is 0 Å². The molecule has 0 atom stereocenters. The fourth-order valence-corrected chi connectivity index (χ4v) is 0.992. The van der Waals surface area contributed by atoms with Gasteiger partial charge in [0.2, 0.25) is 0 Å². The molecule has 74 valence electrons. The van der Waals surface area contributed by atoms with Crippen molar-refractivity contribution in [2.24, 2.45) is 0 Å². The summed E-state index contributed by atoms with van der Waals surface area (Å²) in [5, 5.41) is 16.8. The summed E-state index contributed by atoms with van der Waals surface area (Å²) >= 11 is 0. The lowest BCUT2D eigenvalue weighted by molar-refractivity contribution is 0.318. The molecule has 0 aliphatic carbocycles. The largest absolute Gasteiger partial charge is 0.508 e. The van der Waals surface area contributed by atoms with Crippen molar-refractivity contribution in [1.82, 2.24) is 0 Å². The minimum Gasteiger partial charge on any atom is -0.508 e. The van der Waals surface area contributed by atoms with E-state index in [4.69, 9.17) is 5.11 Å². The maximum atomic E-state index is 9.24. The minimum absolute atomic E-state index is 0.250. The number of benzene rings is 1. The summed E-state index contributed by atoms with van der Waals surface area (Å²) in [6.45, 7) is 4.03. The predicted octanol–water partition coefficient (Wildman–Crippen LogP) is 2.34. The van der Waals surface area contributed by atoms with Gasteiger partial charge in [0.15, 0.2) is 0 Å². The van der Waals surface area contributed by atoms with Crippen LogP contribution in [0.25, 0.3) is 0 Å². The molecule has 0 saturated carbocycles. The van der Waals surface area contributed by atoms with Gasteiger partial charge < -0.3 is 10.2 Å². The van der Waals surface area contributed by atoms with Crippen LogP contribution in [0.5, 0.6) is 5.75 Å². The minimum atomic E-state index is 0.250. The average molecular weight is 182 g/mol. The standard InChI is InChI=1S/C9H12O.C2H6O/c1-2-5-8-6-3-4-7-9(8)10;1-2-3/h3-4,6-7,10H,2,5H2,1H3;3H,2H2,1H3. The predicted molar refractivity (Wildman–Crippen MR) is 54.9 cm³/mol. The molecule has 1 aromatic carbocycles. The van der Waals surface area contributed by atoms with E-state index in [2.05, 4.69) is 6.92 Å². The fourth-order valence-electron chi connectivity index (χ4n) is 0.992. The van der Waals surface area contributed by atoms with Crippen LogP contribution in [0.15, 0.2) is 24.3 Å². The lowest BCUT2D eigenvalue weighted by Gasteiger charge is -1.99. The zero-order chi connectivity index (χ0) is 10.1. The Balaban J connectivity index is 0.000000424. The van der Waals surface area contributed by atoms with Crippen LogP contribution < -0.4 is 0 Å². The highest BCUT2D eigenvalue weighted by Gasteiger charge is 1.95. The fraction of sp³-hybridized carbons (Fsp3) is 0.455. The van der Waals surface area contributed by atoms with Gasteiger partial charge in [-0.3, -0.25) is 0 Å². The van der Waals surface area contributed by atoms with E-state index in [1.807, 2.05) is 18.2 Å². The number of phenols is 1. The second-order valence-corrected chi connectivity index (χ2v) is 2.69. The monoisotopic (exact) mass is 182 g/mol. The molecular weight excluding hydrogens is 164 g/mol. The molecule has 0 radical (unpaired) electrons. The third kappa shape index (κ3) is 5.26. The van der Waals surface area contributed by atoms with Crippen molar-refractivity contribution in [2.75, 3.05) is 6.61 Å². The van der Waals surface area contributed by atoms with Crippen molar-refractivity contribution in [1.29, 1.82) is 0 Å². The summed E-state index contributed by atoms with van der Waals surface area (Å²) in [4.78, 5) is 0. The van der Waals surface area contributed by atoms with Crippen LogP contribution in [0, 0.1) is 0 Å². The van der Waals surface area contributed by atoms with Crippen molar-refractivity contribution in [3.63, 3.8) is 0 Å². The number of aromatic hydroxyl groups is 1. The van der Waals surface area contributed by atoms with E-state index >= 15 is 0 Å². The van der Waals surface area contributed by atoms with Gasteiger partial charge in [-0.05, 0) is 25.0 Å². The summed E-state index contributed by atoms with van der Waals surface area (Å²) in [5.74, 6) is 0.421. The molecular formula is C11H18O2. The Morgan fingerprint density at radius 2 is 1.69 bits per heavy atom. The normalized spacial score (nSPS) is 8.85. The van der Waals surface area contributed by atoms with Gasteiger partial charge in [0.25, 0.3) is 0 Å². The van der Waals surface area contributed by atoms with E-state index in [1.54, 1.807) is 13.0 Å². The van der Waals surface area contributed by atoms with Crippen molar-refractivity contribution in [3.8, 4) is 5.75 Å². The molecule has 0 aliphatic heterocycles. The molecule has 0 aromatic heterocycles. The zero-order valence-corrected chi connectivity index (χ0v) is 8.33. The number of hydrogen-bond donors (Lipinski definition) is 2. The van der Waals surface area contributed by atoms with Crippen LogP contribution in [-0.2, 0) is 6.42 Å². The number of para-hydroxylation sites is 1. The van der Waals surface area contributed by atoms with Crippen molar-refractivity contribution >= 4 is 0 Å². The number of aryl methyl sites for hydroxylation is 1. The van der Waals surface area contributed by atoms with Crippen LogP contribution >= 0.6 is 0 Å². The molecule has 0 heterocycles. The highest BCUT2D eigenvalue weighted by atomic mass is 16.3. The van der Waals surface area contributed by atoms with E-state index in [-0.39, 0.29) is 6.61 Å². The van der Waals surface area contributed by atoms with E-state index < -0.39 is 0 Å². The summed E-state index contributed by atoms with van der Waals surface area (Å²) in [7, 11) is 0. The maximum Gasteiger partial charge on any atom is 0.118 e. The van der Waals surface area contributed by atoms with Crippen LogP contribution in [-0.4, -0.2) is 16.8 Å². The molecule has 13 heavy (non-hydrogen) atoms. The summed E-state index contributed by atoms with van der Waals surface area (Å²) < 4.78 is 0. The van der Waals surface area contributed by atoms with Gasteiger partial charge >= 0.3 is 0 Å². The van der Waals surface area contributed by atoms with Gasteiger partial charge in [0, 0.05) is 6.61 Å². The maximum absolute atomic E-state index is 9.24. The van der Waals surface area contributed by atoms with Gasteiger partial charge in [-0.2, -0.15) is 0 Å². The first kappa shape index (κ1) is 12.0. The Morgan fingerprint density at radius 3 is 2.15 bits per heavy atom. The first-order chi connectivity index (χ1) is 6.26. The van der Waals surface area contributed by atoms with Crippen molar-refractivity contribution in [2.45, 2.75) is 26.7 Å². The van der Waals surface area contributed by atoms with Gasteiger partial charge in [0.1, 0.15) is 5.75 Å². The molecule has 0 aliphatic rings. The first-order valence-corrected chi connectivity index (χ1v) is 4.63. The average Bonchev–Trinajstić information content (AvgIpc) is 2.11. The second kappa shape index (κ2) is 7.62. The lowest BCUT2D eigenvalue weighted by atomic mass is 10.1. The smallest absolute Gasteiger partial charge is 0.118 e. The van der Waals surface area contributed by atoms with Gasteiger partial charge in [0.05, 0.1) is 0 Å². The van der Waals surface area contributed by atoms with Crippen LogP contribution in [0.3, 0.4) is 0 Å². The van der Waals surface area contributed by atoms with E-state index in [0.717, 1.165) is 18.4 Å². The topological polar surface area (TPSA) is 40.5 Å². The van der Waals surface area contributed by atoms with E-state index in [9.17, 15) is 5.11 Å². The molecule has 0 bridgehead atoms. The Kier molecular flexibility index (Phi) is 7.02. The lowest BCUT2D eigenvalue weighted by Crippen LogP contribution is -1.81. The third-order valence-electron chi connectivity index (χ3n) is 1.51. The molecule has 0 spiro atoms. The second-order valence-electron chi connectivity index (χ2n) is 2.69. The number of aliphatic hydroxyl groups is 1. The zero-order valence-electron chi connectivity index (χ0n) is 8.33. The quantitative estimate of drug-likeness (QED) is 0.737. The van der Waals surface area contributed by atoms with E-state index in [1.165, 1.54) is 0 Å². The summed E-state index contributed by atoms with van der Waals surface area (Å²) in [6, 6.07) is 7.48. The number of phenolic OH excluding ortho intramolecular Hbond substituents is 1. The molecule has 0 amide bonds. The Labute approximate surface area is 79.9 Å². The summed E-state index contributed by atoms with van der Waals surface area (Å²) in [6.07, 6.45) is 2.05. The molecule has 0 saturated heterocycles. The van der Waals surface area contributed by atoms with Gasteiger partial charge in [-0.25, -0.2) is 0 Å². The molecule has 2 nitrogen and oxygen atoms in total. The number of rotatable bonds is 2. The van der Waals surface area contributed by atoms with Crippen molar-refractivity contribution in [3.05, 3.63) is 29.8 Å². The Morgan fingerprint density at radius 1 is 1.15 bits per heavy atom. The number of hydrogen-bond acceptors (Lipinski definition) is 2. The molecule has 1 aromatic rings. The number of aliphatic hydroxyl groups excluding tert-OH is 1. The molecule has 0 unspecified atom stereocenters.